The van der Waals surface area contributed by atoms with Crippen LogP contribution in [0.1, 0.15) is 13.3 Å². The number of rotatable bonds is 6. The summed E-state index contributed by atoms with van der Waals surface area (Å²) in [6.07, 6.45) is 4.42. The Kier molecular flexibility index (Phi) is 6.04. The van der Waals surface area contributed by atoms with E-state index in [9.17, 15) is 8.78 Å². The minimum Gasteiger partial charge on any atom is -0.365 e. The first-order valence-corrected chi connectivity index (χ1v) is 8.88. The number of nitrogens with one attached hydrogen (secondary N) is 2. The van der Waals surface area contributed by atoms with Gasteiger partial charge in [-0.05, 0) is 31.5 Å². The summed E-state index contributed by atoms with van der Waals surface area (Å²) in [5, 5.41) is 10.7. The number of guanidine groups is 1. The molecule has 0 saturated carbocycles. The molecule has 1 aromatic heterocycles. The molecular formula is C18H24F2N6. The lowest BCUT2D eigenvalue weighted by Crippen LogP contribution is -2.44. The van der Waals surface area contributed by atoms with E-state index in [1.165, 1.54) is 18.2 Å². The van der Waals surface area contributed by atoms with Crippen LogP contribution in [0.4, 0.5) is 14.5 Å². The fraction of sp³-hybridized carbons (Fsp3) is 0.444. The SMILES string of the molecule is CCNC(=NCCn1cccn1)NC1CCN(c2c(F)cccc2F)C1. The number of aliphatic imine (C=N–C) groups is 1. The zero-order valence-corrected chi connectivity index (χ0v) is 14.8. The Hall–Kier alpha value is -2.64. The first-order chi connectivity index (χ1) is 12.7. The minimum absolute atomic E-state index is 0.0532. The summed E-state index contributed by atoms with van der Waals surface area (Å²) in [5.74, 6) is -0.337. The maximum Gasteiger partial charge on any atom is 0.191 e. The molecule has 26 heavy (non-hydrogen) atoms. The van der Waals surface area contributed by atoms with E-state index in [-0.39, 0.29) is 11.7 Å². The van der Waals surface area contributed by atoms with Crippen LogP contribution >= 0.6 is 0 Å². The zero-order valence-electron chi connectivity index (χ0n) is 14.8. The van der Waals surface area contributed by atoms with Crippen molar-refractivity contribution in [3.63, 3.8) is 0 Å². The van der Waals surface area contributed by atoms with Gasteiger partial charge in [-0.3, -0.25) is 9.67 Å². The van der Waals surface area contributed by atoms with Crippen LogP contribution in [0.3, 0.4) is 0 Å². The molecule has 140 valence electrons. The number of nitrogens with zero attached hydrogens (tertiary/aromatic N) is 4. The van der Waals surface area contributed by atoms with Crippen molar-refractivity contribution in [1.82, 2.24) is 20.4 Å². The summed E-state index contributed by atoms with van der Waals surface area (Å²) in [6, 6.07) is 5.92. The predicted octanol–water partition coefficient (Wildman–Crippen LogP) is 2.00. The van der Waals surface area contributed by atoms with Crippen LogP contribution < -0.4 is 15.5 Å². The van der Waals surface area contributed by atoms with E-state index in [0.717, 1.165) is 13.0 Å². The molecule has 1 aliphatic rings. The van der Waals surface area contributed by atoms with Crippen LogP contribution in [0.15, 0.2) is 41.7 Å². The van der Waals surface area contributed by atoms with Gasteiger partial charge in [-0.25, -0.2) is 8.78 Å². The highest BCUT2D eigenvalue weighted by Crippen LogP contribution is 2.26. The highest BCUT2D eigenvalue weighted by molar-refractivity contribution is 5.80. The van der Waals surface area contributed by atoms with Crippen LogP contribution in [0.5, 0.6) is 0 Å². The normalized spacial score (nSPS) is 17.6. The van der Waals surface area contributed by atoms with E-state index >= 15 is 0 Å². The van der Waals surface area contributed by atoms with Crippen molar-refractivity contribution in [2.75, 3.05) is 31.1 Å². The fourth-order valence-corrected chi connectivity index (χ4v) is 3.08. The molecule has 0 radical (unpaired) electrons. The standard InChI is InChI=1S/C18H24F2N6/c1-2-21-18(22-9-12-26-10-4-8-23-26)24-14-7-11-25(13-14)17-15(19)5-3-6-16(17)20/h3-6,8,10,14H,2,7,9,11-13H2,1H3,(H2,21,22,24). The lowest BCUT2D eigenvalue weighted by Gasteiger charge is -2.21. The van der Waals surface area contributed by atoms with Gasteiger partial charge >= 0.3 is 0 Å². The Labute approximate surface area is 151 Å². The first kappa shape index (κ1) is 18.2. The van der Waals surface area contributed by atoms with Gasteiger partial charge in [-0.1, -0.05) is 6.07 Å². The highest BCUT2D eigenvalue weighted by atomic mass is 19.1. The molecule has 1 aliphatic heterocycles. The number of anilines is 1. The molecule has 8 heteroatoms. The third kappa shape index (κ3) is 4.50. The van der Waals surface area contributed by atoms with E-state index in [4.69, 9.17) is 0 Å². The van der Waals surface area contributed by atoms with Crippen LogP contribution in [0.2, 0.25) is 0 Å². The Morgan fingerprint density at radius 2 is 2.12 bits per heavy atom. The second-order valence-electron chi connectivity index (χ2n) is 6.18. The predicted molar refractivity (Wildman–Crippen MR) is 98.3 cm³/mol. The molecule has 3 rings (SSSR count). The summed E-state index contributed by atoms with van der Waals surface area (Å²) < 4.78 is 29.8. The van der Waals surface area contributed by atoms with Gasteiger partial charge in [0.15, 0.2) is 5.96 Å². The third-order valence-corrected chi connectivity index (χ3v) is 4.29. The van der Waals surface area contributed by atoms with E-state index in [0.29, 0.717) is 32.1 Å². The van der Waals surface area contributed by atoms with Gasteiger partial charge in [0.25, 0.3) is 0 Å². The lowest BCUT2D eigenvalue weighted by molar-refractivity contribution is 0.575. The topological polar surface area (TPSA) is 57.5 Å². The number of benzene rings is 1. The molecule has 2 aromatic rings. The van der Waals surface area contributed by atoms with E-state index in [2.05, 4.69) is 20.7 Å². The molecule has 2 N–H and O–H groups in total. The second-order valence-corrected chi connectivity index (χ2v) is 6.18. The molecule has 0 spiro atoms. The average molecular weight is 362 g/mol. The van der Waals surface area contributed by atoms with Crippen molar-refractivity contribution in [2.24, 2.45) is 4.99 Å². The van der Waals surface area contributed by atoms with E-state index in [1.807, 2.05) is 23.9 Å². The van der Waals surface area contributed by atoms with Crippen molar-refractivity contribution in [1.29, 1.82) is 0 Å². The molecule has 0 bridgehead atoms. The molecule has 2 heterocycles. The monoisotopic (exact) mass is 362 g/mol. The summed E-state index contributed by atoms with van der Waals surface area (Å²) in [6.45, 7) is 5.16. The van der Waals surface area contributed by atoms with Crippen molar-refractivity contribution >= 4 is 11.6 Å². The molecule has 1 unspecified atom stereocenters. The van der Waals surface area contributed by atoms with Gasteiger partial charge in [0.05, 0.1) is 13.1 Å². The summed E-state index contributed by atoms with van der Waals surface area (Å²) in [5.41, 5.74) is 0.0532. The maximum atomic E-state index is 14.0. The third-order valence-electron chi connectivity index (χ3n) is 4.29. The molecule has 0 aliphatic carbocycles. The maximum absolute atomic E-state index is 14.0. The Morgan fingerprint density at radius 1 is 1.31 bits per heavy atom. The average Bonchev–Trinajstić information content (AvgIpc) is 3.27. The molecule has 1 atom stereocenters. The summed E-state index contributed by atoms with van der Waals surface area (Å²) in [4.78, 5) is 6.30. The molecule has 6 nitrogen and oxygen atoms in total. The molecular weight excluding hydrogens is 338 g/mol. The van der Waals surface area contributed by atoms with Gasteiger partial charge in [-0.2, -0.15) is 5.10 Å². The Balaban J connectivity index is 1.58. The van der Waals surface area contributed by atoms with Crippen LogP contribution in [0, 0.1) is 11.6 Å². The zero-order chi connectivity index (χ0) is 18.4. The smallest absolute Gasteiger partial charge is 0.191 e. The second kappa shape index (κ2) is 8.64. The summed E-state index contributed by atoms with van der Waals surface area (Å²) >= 11 is 0. The number of aromatic nitrogens is 2. The molecule has 1 aromatic carbocycles. The van der Waals surface area contributed by atoms with Gasteiger partial charge in [-0.15, -0.1) is 0 Å². The van der Waals surface area contributed by atoms with Crippen LogP contribution in [-0.2, 0) is 6.54 Å². The minimum atomic E-state index is -0.523. The number of para-hydroxylation sites is 1. The quantitative estimate of drug-likeness (QED) is 0.610. The lowest BCUT2D eigenvalue weighted by atomic mass is 10.2. The summed E-state index contributed by atoms with van der Waals surface area (Å²) in [7, 11) is 0. The molecule has 0 amide bonds. The highest BCUT2D eigenvalue weighted by Gasteiger charge is 2.27. The number of halogens is 2. The fourth-order valence-electron chi connectivity index (χ4n) is 3.08. The molecule has 1 saturated heterocycles. The van der Waals surface area contributed by atoms with Gasteiger partial charge in [0.2, 0.25) is 0 Å². The van der Waals surface area contributed by atoms with Crippen LogP contribution in [0.25, 0.3) is 0 Å². The Morgan fingerprint density at radius 3 is 2.81 bits per heavy atom. The van der Waals surface area contributed by atoms with E-state index in [1.54, 1.807) is 11.1 Å². The van der Waals surface area contributed by atoms with Crippen molar-refractivity contribution in [3.05, 3.63) is 48.3 Å². The van der Waals surface area contributed by atoms with E-state index < -0.39 is 11.6 Å². The van der Waals surface area contributed by atoms with Crippen molar-refractivity contribution < 1.29 is 8.78 Å². The number of hydrogen-bond donors (Lipinski definition) is 2. The van der Waals surface area contributed by atoms with Gasteiger partial charge < -0.3 is 15.5 Å². The first-order valence-electron chi connectivity index (χ1n) is 8.88. The molecule has 1 fully saturated rings. The Bertz CT molecular complexity index is 711. The largest absolute Gasteiger partial charge is 0.365 e. The van der Waals surface area contributed by atoms with Crippen molar-refractivity contribution in [3.8, 4) is 0 Å². The van der Waals surface area contributed by atoms with Gasteiger partial charge in [0.1, 0.15) is 17.3 Å². The number of hydrogen-bond acceptors (Lipinski definition) is 3. The van der Waals surface area contributed by atoms with Crippen molar-refractivity contribution in [2.45, 2.75) is 25.9 Å². The van der Waals surface area contributed by atoms with Crippen LogP contribution in [-0.4, -0.2) is 48.0 Å². The van der Waals surface area contributed by atoms with Gasteiger partial charge in [0, 0.05) is 38.1 Å².